The highest BCUT2D eigenvalue weighted by Crippen LogP contribution is 2.16. The lowest BCUT2D eigenvalue weighted by Crippen LogP contribution is -2.24. The molecule has 0 aliphatic carbocycles. The molecular formula is C19H19BrN2O2. The van der Waals surface area contributed by atoms with Crippen molar-refractivity contribution in [3.05, 3.63) is 69.7 Å². The number of aryl methyl sites for hydroxylation is 2. The molecule has 0 aliphatic heterocycles. The zero-order valence-corrected chi connectivity index (χ0v) is 15.2. The van der Waals surface area contributed by atoms with Gasteiger partial charge in [0.2, 0.25) is 0 Å². The van der Waals surface area contributed by atoms with Crippen LogP contribution in [0.2, 0.25) is 0 Å². The maximum Gasteiger partial charge on any atom is 0.277 e. The topological polar surface area (TPSA) is 50.7 Å². The molecule has 2 aromatic rings. The third-order valence-corrected chi connectivity index (χ3v) is 3.48. The van der Waals surface area contributed by atoms with Crippen LogP contribution in [-0.2, 0) is 4.79 Å². The summed E-state index contributed by atoms with van der Waals surface area (Å²) in [5.74, 6) is 0.363. The second kappa shape index (κ2) is 9.03. The Kier molecular flexibility index (Phi) is 6.75. The molecule has 0 aromatic heterocycles. The number of nitrogens with one attached hydrogen (secondary N) is 1. The highest BCUT2D eigenvalue weighted by molar-refractivity contribution is 9.12. The Bertz CT molecular complexity index is 735. The van der Waals surface area contributed by atoms with Crippen LogP contribution in [0.1, 0.15) is 16.7 Å². The molecule has 2 aromatic carbocycles. The molecule has 5 heteroatoms. The Morgan fingerprint density at radius 3 is 2.50 bits per heavy atom. The van der Waals surface area contributed by atoms with Gasteiger partial charge in [0, 0.05) is 4.48 Å². The second-order valence-electron chi connectivity index (χ2n) is 5.35. The average molecular weight is 387 g/mol. The van der Waals surface area contributed by atoms with Crippen LogP contribution in [0.5, 0.6) is 5.75 Å². The Morgan fingerprint density at radius 2 is 1.83 bits per heavy atom. The first kappa shape index (κ1) is 17.9. The minimum atomic E-state index is -0.314. The zero-order valence-electron chi connectivity index (χ0n) is 13.6. The van der Waals surface area contributed by atoms with E-state index < -0.39 is 0 Å². The fourth-order valence-electron chi connectivity index (χ4n) is 2.11. The van der Waals surface area contributed by atoms with Gasteiger partial charge in [-0.1, -0.05) is 36.4 Å². The molecule has 0 unspecified atom stereocenters. The summed E-state index contributed by atoms with van der Waals surface area (Å²) in [5, 5.41) is 3.90. The summed E-state index contributed by atoms with van der Waals surface area (Å²) in [7, 11) is 0. The van der Waals surface area contributed by atoms with Gasteiger partial charge in [-0.05, 0) is 64.7 Å². The second-order valence-corrected chi connectivity index (χ2v) is 6.26. The van der Waals surface area contributed by atoms with E-state index >= 15 is 0 Å². The third-order valence-electron chi connectivity index (χ3n) is 3.05. The summed E-state index contributed by atoms with van der Waals surface area (Å²) in [4.78, 5) is 11.7. The van der Waals surface area contributed by atoms with E-state index in [1.807, 2.05) is 68.5 Å². The summed E-state index contributed by atoms with van der Waals surface area (Å²) in [5.41, 5.74) is 5.67. The number of hydrazone groups is 1. The van der Waals surface area contributed by atoms with Gasteiger partial charge in [-0.3, -0.25) is 4.79 Å². The lowest BCUT2D eigenvalue weighted by atomic mass is 10.1. The SMILES string of the molecule is Cc1cc(C)cc(OCC(=O)NN=CC(Br)=Cc2ccccc2)c1. The average Bonchev–Trinajstić information content (AvgIpc) is 2.53. The number of halogens is 1. The van der Waals surface area contributed by atoms with Crippen LogP contribution in [0.15, 0.2) is 58.1 Å². The van der Waals surface area contributed by atoms with Gasteiger partial charge in [-0.2, -0.15) is 5.10 Å². The lowest BCUT2D eigenvalue weighted by molar-refractivity contribution is -0.123. The van der Waals surface area contributed by atoms with E-state index in [1.165, 1.54) is 6.21 Å². The minimum absolute atomic E-state index is 0.0831. The van der Waals surface area contributed by atoms with Crippen molar-refractivity contribution < 1.29 is 9.53 Å². The highest BCUT2D eigenvalue weighted by Gasteiger charge is 2.02. The van der Waals surface area contributed by atoms with Crippen LogP contribution in [0.3, 0.4) is 0 Å². The van der Waals surface area contributed by atoms with E-state index in [2.05, 4.69) is 26.5 Å². The monoisotopic (exact) mass is 386 g/mol. The first-order valence-electron chi connectivity index (χ1n) is 7.48. The largest absolute Gasteiger partial charge is 0.484 e. The maximum absolute atomic E-state index is 11.7. The van der Waals surface area contributed by atoms with Gasteiger partial charge < -0.3 is 4.74 Å². The predicted molar refractivity (Wildman–Crippen MR) is 101 cm³/mol. The van der Waals surface area contributed by atoms with Gasteiger partial charge in [0.1, 0.15) is 5.75 Å². The molecule has 0 radical (unpaired) electrons. The van der Waals surface area contributed by atoms with Gasteiger partial charge in [0.25, 0.3) is 5.91 Å². The summed E-state index contributed by atoms with van der Waals surface area (Å²) in [6, 6.07) is 15.6. The van der Waals surface area contributed by atoms with Gasteiger partial charge in [0.05, 0.1) is 6.21 Å². The van der Waals surface area contributed by atoms with E-state index in [1.54, 1.807) is 0 Å². The molecular weight excluding hydrogens is 368 g/mol. The fraction of sp³-hybridized carbons (Fsp3) is 0.158. The molecule has 0 heterocycles. The van der Waals surface area contributed by atoms with Gasteiger partial charge in [0.15, 0.2) is 6.61 Å². The number of hydrogen-bond acceptors (Lipinski definition) is 3. The lowest BCUT2D eigenvalue weighted by Gasteiger charge is -2.07. The van der Waals surface area contributed by atoms with Crippen molar-refractivity contribution >= 4 is 34.1 Å². The van der Waals surface area contributed by atoms with Crippen molar-refractivity contribution in [3.63, 3.8) is 0 Å². The first-order chi connectivity index (χ1) is 11.5. The molecule has 0 aliphatic rings. The zero-order chi connectivity index (χ0) is 17.4. The van der Waals surface area contributed by atoms with Gasteiger partial charge in [-0.15, -0.1) is 0 Å². The molecule has 4 nitrogen and oxygen atoms in total. The Labute approximate surface area is 150 Å². The Balaban J connectivity index is 1.81. The van der Waals surface area contributed by atoms with Crippen molar-refractivity contribution in [1.29, 1.82) is 0 Å². The van der Waals surface area contributed by atoms with E-state index in [9.17, 15) is 4.79 Å². The molecule has 1 amide bonds. The van der Waals surface area contributed by atoms with Crippen molar-refractivity contribution in [2.45, 2.75) is 13.8 Å². The summed E-state index contributed by atoms with van der Waals surface area (Å²) in [6.45, 7) is 3.89. The molecule has 0 saturated carbocycles. The quantitative estimate of drug-likeness (QED) is 0.596. The molecule has 2 rings (SSSR count). The Hall–Kier alpha value is -2.40. The van der Waals surface area contributed by atoms with E-state index in [0.29, 0.717) is 5.75 Å². The van der Waals surface area contributed by atoms with E-state index in [-0.39, 0.29) is 12.5 Å². The number of benzene rings is 2. The van der Waals surface area contributed by atoms with Gasteiger partial charge >= 0.3 is 0 Å². The molecule has 1 N–H and O–H groups in total. The predicted octanol–water partition coefficient (Wildman–Crippen LogP) is 4.22. The Morgan fingerprint density at radius 1 is 1.17 bits per heavy atom. The van der Waals surface area contributed by atoms with Crippen LogP contribution in [0.4, 0.5) is 0 Å². The standard InChI is InChI=1S/C19H19BrN2O2/c1-14-8-15(2)10-18(9-14)24-13-19(23)22-21-12-17(20)11-16-6-4-3-5-7-16/h3-12H,13H2,1-2H3,(H,22,23). The number of hydrogen-bond donors (Lipinski definition) is 1. The number of carbonyl (C=O) groups excluding carboxylic acids is 1. The van der Waals surface area contributed by atoms with Crippen molar-refractivity contribution in [1.82, 2.24) is 5.43 Å². The molecule has 0 fully saturated rings. The van der Waals surface area contributed by atoms with Crippen LogP contribution in [-0.4, -0.2) is 18.7 Å². The number of ether oxygens (including phenoxy) is 1. The van der Waals surface area contributed by atoms with Crippen molar-refractivity contribution in [3.8, 4) is 5.75 Å². The van der Waals surface area contributed by atoms with E-state index in [4.69, 9.17) is 4.74 Å². The maximum atomic E-state index is 11.7. The molecule has 0 saturated heterocycles. The molecule has 0 bridgehead atoms. The van der Waals surface area contributed by atoms with Gasteiger partial charge in [-0.25, -0.2) is 5.43 Å². The molecule has 124 valence electrons. The van der Waals surface area contributed by atoms with Crippen LogP contribution in [0.25, 0.3) is 6.08 Å². The molecule has 24 heavy (non-hydrogen) atoms. The van der Waals surface area contributed by atoms with E-state index in [0.717, 1.165) is 21.2 Å². The summed E-state index contributed by atoms with van der Waals surface area (Å²) in [6.07, 6.45) is 3.43. The van der Waals surface area contributed by atoms with Crippen molar-refractivity contribution in [2.75, 3.05) is 6.61 Å². The number of allylic oxidation sites excluding steroid dienone is 1. The number of nitrogens with zero attached hydrogens (tertiary/aromatic N) is 1. The smallest absolute Gasteiger partial charge is 0.277 e. The fourth-order valence-corrected chi connectivity index (χ4v) is 2.48. The minimum Gasteiger partial charge on any atom is -0.484 e. The summed E-state index contributed by atoms with van der Waals surface area (Å²) >= 11 is 3.39. The highest BCUT2D eigenvalue weighted by atomic mass is 79.9. The van der Waals surface area contributed by atoms with Crippen LogP contribution < -0.4 is 10.2 Å². The summed E-state index contributed by atoms with van der Waals surface area (Å²) < 4.78 is 6.22. The molecule has 0 spiro atoms. The molecule has 0 atom stereocenters. The number of carbonyl (C=O) groups is 1. The third kappa shape index (κ3) is 6.38. The normalized spacial score (nSPS) is 11.5. The van der Waals surface area contributed by atoms with Crippen LogP contribution in [0, 0.1) is 13.8 Å². The van der Waals surface area contributed by atoms with Crippen LogP contribution >= 0.6 is 15.9 Å². The number of rotatable bonds is 6. The van der Waals surface area contributed by atoms with Crippen molar-refractivity contribution in [2.24, 2.45) is 5.10 Å². The number of amides is 1. The first-order valence-corrected chi connectivity index (χ1v) is 8.27.